The maximum Gasteiger partial charge on any atom is 0.398 e. The molecule has 0 aliphatic heterocycles. The minimum atomic E-state index is -5.26. The van der Waals surface area contributed by atoms with Crippen LogP contribution in [0.3, 0.4) is 0 Å². The van der Waals surface area contributed by atoms with Crippen LogP contribution in [0.5, 0.6) is 0 Å². The maximum atomic E-state index is 13.6. The predicted octanol–water partition coefficient (Wildman–Crippen LogP) is 1.33. The van der Waals surface area contributed by atoms with Crippen molar-refractivity contribution in [2.24, 2.45) is 0 Å². The molecular weight excluding hydrogens is 284 g/mol. The van der Waals surface area contributed by atoms with Crippen molar-refractivity contribution in [3.05, 3.63) is 36.9 Å². The molecule has 0 atom stereocenters. The number of rotatable bonds is 3. The number of carbonyl (C=O) groups excluding carboxylic acids is 2. The van der Waals surface area contributed by atoms with E-state index in [1.807, 2.05) is 0 Å². The lowest BCUT2D eigenvalue weighted by atomic mass is 10.1. The molecule has 2 aromatic heterocycles. The smallest absolute Gasteiger partial charge is 0.265 e. The van der Waals surface area contributed by atoms with Gasteiger partial charge in [0.15, 0.2) is 0 Å². The van der Waals surface area contributed by atoms with Gasteiger partial charge in [-0.2, -0.15) is 27.8 Å². The van der Waals surface area contributed by atoms with E-state index in [-0.39, 0.29) is 9.36 Å². The second kappa shape index (κ2) is 4.54. The summed E-state index contributed by atoms with van der Waals surface area (Å²) in [6.07, 6.45) is 3.46. The predicted molar refractivity (Wildman–Crippen MR) is 55.6 cm³/mol. The molecule has 0 spiro atoms. The van der Waals surface area contributed by atoms with Gasteiger partial charge in [0.1, 0.15) is 0 Å². The van der Waals surface area contributed by atoms with Crippen molar-refractivity contribution >= 4 is 11.8 Å². The summed E-state index contributed by atoms with van der Waals surface area (Å²) in [6.45, 7) is 0. The molecule has 2 rings (SSSR count). The maximum absolute atomic E-state index is 13.6. The highest BCUT2D eigenvalue weighted by Gasteiger charge is 2.68. The van der Waals surface area contributed by atoms with Crippen LogP contribution in [0.4, 0.5) is 17.6 Å². The molecule has 0 N–H and O–H groups in total. The Morgan fingerprint density at radius 3 is 1.40 bits per heavy atom. The molecule has 0 radical (unpaired) electrons. The fraction of sp³-hybridized carbons (Fsp3) is 0.200. The molecule has 20 heavy (non-hydrogen) atoms. The monoisotopic (exact) mass is 290 g/mol. The summed E-state index contributed by atoms with van der Waals surface area (Å²) in [5, 5.41) is 6.28. The largest absolute Gasteiger partial charge is 0.398 e. The Bertz CT molecular complexity index is 565. The van der Waals surface area contributed by atoms with Crippen LogP contribution in [0.2, 0.25) is 0 Å². The van der Waals surface area contributed by atoms with Gasteiger partial charge >= 0.3 is 23.7 Å². The molecule has 0 aromatic carbocycles. The first-order valence-electron chi connectivity index (χ1n) is 5.13. The zero-order chi connectivity index (χ0) is 15.0. The topological polar surface area (TPSA) is 69.8 Å². The summed E-state index contributed by atoms with van der Waals surface area (Å²) < 4.78 is 54.4. The van der Waals surface area contributed by atoms with Crippen molar-refractivity contribution in [3.8, 4) is 0 Å². The summed E-state index contributed by atoms with van der Waals surface area (Å²) >= 11 is 0. The lowest BCUT2D eigenvalue weighted by molar-refractivity contribution is -0.154. The van der Waals surface area contributed by atoms with E-state index in [2.05, 4.69) is 10.2 Å². The average molecular weight is 290 g/mol. The minimum Gasteiger partial charge on any atom is -0.265 e. The molecule has 2 heterocycles. The van der Waals surface area contributed by atoms with E-state index in [1.54, 1.807) is 0 Å². The van der Waals surface area contributed by atoms with Crippen LogP contribution in [-0.2, 0) is 0 Å². The number of aromatic nitrogens is 4. The van der Waals surface area contributed by atoms with Crippen LogP contribution >= 0.6 is 0 Å². The SMILES string of the molecule is O=C(n1cccn1)C(F)(F)C(F)(F)C(=O)n1cccn1. The van der Waals surface area contributed by atoms with Crippen molar-refractivity contribution in [2.45, 2.75) is 11.8 Å². The van der Waals surface area contributed by atoms with E-state index in [1.165, 1.54) is 0 Å². The van der Waals surface area contributed by atoms with Crippen LogP contribution in [0.25, 0.3) is 0 Å². The number of hydrogen-bond donors (Lipinski definition) is 0. The van der Waals surface area contributed by atoms with Crippen molar-refractivity contribution in [3.63, 3.8) is 0 Å². The van der Waals surface area contributed by atoms with Gasteiger partial charge in [0.05, 0.1) is 0 Å². The van der Waals surface area contributed by atoms with Gasteiger partial charge in [-0.05, 0) is 12.1 Å². The van der Waals surface area contributed by atoms with Crippen molar-refractivity contribution in [2.75, 3.05) is 0 Å². The number of hydrogen-bond acceptors (Lipinski definition) is 4. The second-order valence-electron chi connectivity index (χ2n) is 3.66. The Balaban J connectivity index is 2.36. The van der Waals surface area contributed by atoms with E-state index < -0.39 is 23.7 Å². The normalized spacial score (nSPS) is 12.4. The molecule has 0 saturated carbocycles. The Morgan fingerprint density at radius 1 is 0.800 bits per heavy atom. The summed E-state index contributed by atoms with van der Waals surface area (Å²) in [7, 11) is 0. The van der Waals surface area contributed by atoms with E-state index in [0.29, 0.717) is 0 Å². The van der Waals surface area contributed by atoms with Gasteiger partial charge in [0.2, 0.25) is 0 Å². The van der Waals surface area contributed by atoms with Gasteiger partial charge in [0.25, 0.3) is 0 Å². The fourth-order valence-electron chi connectivity index (χ4n) is 1.33. The molecule has 0 aliphatic carbocycles. The Labute approximate surface area is 108 Å². The lowest BCUT2D eigenvalue weighted by Gasteiger charge is -2.23. The van der Waals surface area contributed by atoms with Crippen LogP contribution in [0.15, 0.2) is 36.9 Å². The highest BCUT2D eigenvalue weighted by atomic mass is 19.3. The minimum absolute atomic E-state index is 0.0320. The molecule has 0 bridgehead atoms. The quantitative estimate of drug-likeness (QED) is 0.800. The first-order chi connectivity index (χ1) is 9.28. The Morgan fingerprint density at radius 2 is 1.15 bits per heavy atom. The summed E-state index contributed by atoms with van der Waals surface area (Å²) in [5.41, 5.74) is 0. The molecule has 6 nitrogen and oxygen atoms in total. The van der Waals surface area contributed by atoms with Crippen LogP contribution < -0.4 is 0 Å². The van der Waals surface area contributed by atoms with E-state index in [0.717, 1.165) is 36.9 Å². The number of alkyl halides is 4. The third-order valence-electron chi connectivity index (χ3n) is 2.36. The first-order valence-corrected chi connectivity index (χ1v) is 5.13. The Hall–Kier alpha value is -2.52. The van der Waals surface area contributed by atoms with E-state index in [9.17, 15) is 27.2 Å². The summed E-state index contributed by atoms with van der Waals surface area (Å²) in [5.74, 6) is -15.1. The Kier molecular flexibility index (Phi) is 3.16. The average Bonchev–Trinajstić information content (AvgIpc) is 3.09. The van der Waals surface area contributed by atoms with Gasteiger partial charge < -0.3 is 0 Å². The highest BCUT2D eigenvalue weighted by Crippen LogP contribution is 2.36. The highest BCUT2D eigenvalue weighted by molar-refractivity contribution is 5.96. The summed E-state index contributed by atoms with van der Waals surface area (Å²) in [6, 6.07) is 2.20. The van der Waals surface area contributed by atoms with Gasteiger partial charge in [-0.3, -0.25) is 9.59 Å². The number of carbonyl (C=O) groups is 2. The zero-order valence-corrected chi connectivity index (χ0v) is 9.58. The standard InChI is InChI=1S/C10H6F4N4O2/c11-9(12,7(19)17-5-1-3-15-17)10(13,14)8(20)18-6-2-4-16-18/h1-6H. The number of nitrogens with zero attached hydrogens (tertiary/aromatic N) is 4. The molecular formula is C10H6F4N4O2. The van der Waals surface area contributed by atoms with Crippen LogP contribution in [0.1, 0.15) is 9.59 Å². The zero-order valence-electron chi connectivity index (χ0n) is 9.58. The van der Waals surface area contributed by atoms with Crippen molar-refractivity contribution in [1.29, 1.82) is 0 Å². The molecule has 0 saturated heterocycles. The lowest BCUT2D eigenvalue weighted by Crippen LogP contribution is -2.55. The molecule has 106 valence electrons. The van der Waals surface area contributed by atoms with E-state index >= 15 is 0 Å². The first kappa shape index (κ1) is 13.9. The second-order valence-corrected chi connectivity index (χ2v) is 3.66. The molecule has 0 fully saturated rings. The molecule has 0 unspecified atom stereocenters. The summed E-state index contributed by atoms with van der Waals surface area (Å²) in [4.78, 5) is 22.7. The third-order valence-corrected chi connectivity index (χ3v) is 2.36. The van der Waals surface area contributed by atoms with Crippen LogP contribution in [-0.4, -0.2) is 43.2 Å². The molecule has 0 aliphatic rings. The fourth-order valence-corrected chi connectivity index (χ4v) is 1.33. The van der Waals surface area contributed by atoms with E-state index in [4.69, 9.17) is 0 Å². The van der Waals surface area contributed by atoms with Gasteiger partial charge in [-0.15, -0.1) is 0 Å². The molecule has 0 amide bonds. The molecule has 10 heteroatoms. The van der Waals surface area contributed by atoms with Gasteiger partial charge in [0, 0.05) is 24.8 Å². The van der Waals surface area contributed by atoms with Gasteiger partial charge in [-0.25, -0.2) is 9.36 Å². The van der Waals surface area contributed by atoms with Crippen LogP contribution in [0, 0.1) is 0 Å². The molecule has 2 aromatic rings. The number of halogens is 4. The van der Waals surface area contributed by atoms with Crippen molar-refractivity contribution in [1.82, 2.24) is 19.6 Å². The third kappa shape index (κ3) is 1.98. The van der Waals surface area contributed by atoms with Gasteiger partial charge in [-0.1, -0.05) is 0 Å². The van der Waals surface area contributed by atoms with Crippen molar-refractivity contribution < 1.29 is 27.2 Å².